The number of carbonyl (C=O) groups is 1. The Morgan fingerprint density at radius 3 is 2.41 bits per heavy atom. The van der Waals surface area contributed by atoms with Crippen LogP contribution in [0.1, 0.15) is 16.2 Å². The summed E-state index contributed by atoms with van der Waals surface area (Å²) in [5, 5.41) is 9.59. The number of Topliss-reactive ketones (excluding diaryl/α,β-unsaturated/α-hetero) is 1. The fraction of sp³-hybridized carbons (Fsp3) is 0.211. The van der Waals surface area contributed by atoms with Crippen LogP contribution < -0.4 is 9.47 Å². The van der Waals surface area contributed by atoms with E-state index in [4.69, 9.17) is 21.1 Å². The Morgan fingerprint density at radius 1 is 1.07 bits per heavy atom. The second-order valence-corrected chi connectivity index (χ2v) is 7.02. The van der Waals surface area contributed by atoms with E-state index in [2.05, 4.69) is 10.2 Å². The predicted molar refractivity (Wildman–Crippen MR) is 105 cm³/mol. The summed E-state index contributed by atoms with van der Waals surface area (Å²) in [7, 11) is 3.44. The molecule has 0 N–H and O–H groups in total. The highest BCUT2D eigenvalue weighted by atomic mass is 35.5. The lowest BCUT2D eigenvalue weighted by molar-refractivity contribution is 0.102. The summed E-state index contributed by atoms with van der Waals surface area (Å²) < 4.78 is 12.6. The van der Waals surface area contributed by atoms with E-state index in [1.807, 2.05) is 11.6 Å². The molecule has 0 amide bonds. The van der Waals surface area contributed by atoms with E-state index in [0.717, 1.165) is 5.75 Å². The van der Waals surface area contributed by atoms with Crippen molar-refractivity contribution in [1.82, 2.24) is 14.8 Å². The standard InChI is InChI=1S/C19H18ClN3O3S/c1-23-18(11-26-16-9-5-14(20)6-10-16)21-22-19(23)27-12-17(24)13-3-7-15(25-2)8-4-13/h3-10H,11-12H2,1-2H3. The molecule has 3 aromatic rings. The fourth-order valence-corrected chi connectivity index (χ4v) is 3.22. The Labute approximate surface area is 166 Å². The summed E-state index contributed by atoms with van der Waals surface area (Å²) in [4.78, 5) is 12.3. The molecule has 0 aliphatic carbocycles. The van der Waals surface area contributed by atoms with E-state index in [1.165, 1.54) is 11.8 Å². The molecule has 1 heterocycles. The van der Waals surface area contributed by atoms with Crippen molar-refractivity contribution in [1.29, 1.82) is 0 Å². The maximum absolute atomic E-state index is 12.3. The number of nitrogens with zero attached hydrogens (tertiary/aromatic N) is 3. The molecule has 1 aromatic heterocycles. The van der Waals surface area contributed by atoms with Crippen LogP contribution in [-0.4, -0.2) is 33.4 Å². The highest BCUT2D eigenvalue weighted by molar-refractivity contribution is 7.99. The zero-order valence-corrected chi connectivity index (χ0v) is 16.5. The van der Waals surface area contributed by atoms with Gasteiger partial charge in [-0.15, -0.1) is 10.2 Å². The monoisotopic (exact) mass is 403 g/mol. The molecule has 140 valence electrons. The normalized spacial score (nSPS) is 10.6. The zero-order valence-electron chi connectivity index (χ0n) is 14.9. The second-order valence-electron chi connectivity index (χ2n) is 5.64. The minimum Gasteiger partial charge on any atom is -0.497 e. The summed E-state index contributed by atoms with van der Waals surface area (Å²) in [5.74, 6) is 2.38. The van der Waals surface area contributed by atoms with Gasteiger partial charge in [0, 0.05) is 17.6 Å². The first-order valence-electron chi connectivity index (χ1n) is 8.13. The smallest absolute Gasteiger partial charge is 0.191 e. The first-order chi connectivity index (χ1) is 13.1. The molecule has 0 bridgehead atoms. The number of benzene rings is 2. The van der Waals surface area contributed by atoms with E-state index in [1.54, 1.807) is 55.6 Å². The van der Waals surface area contributed by atoms with Gasteiger partial charge in [-0.2, -0.15) is 0 Å². The molecule has 3 rings (SSSR count). The first-order valence-corrected chi connectivity index (χ1v) is 9.50. The molecular weight excluding hydrogens is 386 g/mol. The van der Waals surface area contributed by atoms with E-state index < -0.39 is 0 Å². The van der Waals surface area contributed by atoms with Crippen LogP contribution in [0.25, 0.3) is 0 Å². The molecule has 0 fully saturated rings. The first kappa shape index (κ1) is 19.3. The van der Waals surface area contributed by atoms with Crippen molar-refractivity contribution in [3.8, 4) is 11.5 Å². The summed E-state index contributed by atoms with van der Waals surface area (Å²) in [6, 6.07) is 14.2. The number of halogens is 1. The van der Waals surface area contributed by atoms with Crippen molar-refractivity contribution in [2.45, 2.75) is 11.8 Å². The van der Waals surface area contributed by atoms with Gasteiger partial charge in [-0.3, -0.25) is 4.79 Å². The van der Waals surface area contributed by atoms with E-state index in [9.17, 15) is 4.79 Å². The van der Waals surface area contributed by atoms with Crippen LogP contribution >= 0.6 is 23.4 Å². The van der Waals surface area contributed by atoms with Crippen LogP contribution in [0, 0.1) is 0 Å². The zero-order chi connectivity index (χ0) is 19.2. The van der Waals surface area contributed by atoms with Gasteiger partial charge >= 0.3 is 0 Å². The van der Waals surface area contributed by atoms with Gasteiger partial charge in [0.1, 0.15) is 18.1 Å². The molecule has 6 nitrogen and oxygen atoms in total. The maximum Gasteiger partial charge on any atom is 0.191 e. The van der Waals surface area contributed by atoms with Crippen LogP contribution in [0.15, 0.2) is 53.7 Å². The Bertz CT molecular complexity index is 911. The average molecular weight is 404 g/mol. The maximum atomic E-state index is 12.3. The molecule has 2 aromatic carbocycles. The van der Waals surface area contributed by atoms with Gasteiger partial charge < -0.3 is 14.0 Å². The summed E-state index contributed by atoms with van der Waals surface area (Å²) in [6.07, 6.45) is 0. The molecule has 8 heteroatoms. The van der Waals surface area contributed by atoms with Crippen molar-refractivity contribution in [3.05, 3.63) is 64.9 Å². The third-order valence-electron chi connectivity index (χ3n) is 3.85. The molecule has 0 saturated carbocycles. The molecule has 0 spiro atoms. The molecule has 0 radical (unpaired) electrons. The van der Waals surface area contributed by atoms with Crippen LogP contribution in [-0.2, 0) is 13.7 Å². The van der Waals surface area contributed by atoms with Gasteiger partial charge in [-0.1, -0.05) is 23.4 Å². The third kappa shape index (κ3) is 5.02. The number of thioether (sulfide) groups is 1. The average Bonchev–Trinajstić information content (AvgIpc) is 3.05. The number of rotatable bonds is 8. The summed E-state index contributed by atoms with van der Waals surface area (Å²) in [6.45, 7) is 0.276. The molecule has 0 unspecified atom stereocenters. The van der Waals surface area contributed by atoms with Crippen LogP contribution in [0.3, 0.4) is 0 Å². The highest BCUT2D eigenvalue weighted by Crippen LogP contribution is 2.20. The highest BCUT2D eigenvalue weighted by Gasteiger charge is 2.13. The van der Waals surface area contributed by atoms with Gasteiger partial charge in [-0.25, -0.2) is 0 Å². The fourth-order valence-electron chi connectivity index (χ4n) is 2.27. The number of hydrogen-bond acceptors (Lipinski definition) is 6. The van der Waals surface area contributed by atoms with E-state index >= 15 is 0 Å². The minimum atomic E-state index is 0.0182. The second kappa shape index (κ2) is 8.92. The van der Waals surface area contributed by atoms with Crippen LogP contribution in [0.4, 0.5) is 0 Å². The van der Waals surface area contributed by atoms with Gasteiger partial charge in [0.05, 0.1) is 12.9 Å². The van der Waals surface area contributed by atoms with Gasteiger partial charge in [0.15, 0.2) is 16.8 Å². The van der Waals surface area contributed by atoms with Crippen molar-refractivity contribution in [2.75, 3.05) is 12.9 Å². The predicted octanol–water partition coefficient (Wildman–Crippen LogP) is 4.03. The lowest BCUT2D eigenvalue weighted by Gasteiger charge is -2.07. The molecule has 0 aliphatic heterocycles. The third-order valence-corrected chi connectivity index (χ3v) is 5.12. The number of aromatic nitrogens is 3. The summed E-state index contributed by atoms with van der Waals surface area (Å²) >= 11 is 7.20. The number of methoxy groups -OCH3 is 1. The van der Waals surface area contributed by atoms with Crippen molar-refractivity contribution in [3.63, 3.8) is 0 Å². The van der Waals surface area contributed by atoms with Crippen molar-refractivity contribution >= 4 is 29.1 Å². The SMILES string of the molecule is COc1ccc(C(=O)CSc2nnc(COc3ccc(Cl)cc3)n2C)cc1. The van der Waals surface area contributed by atoms with Crippen LogP contribution in [0.5, 0.6) is 11.5 Å². The Balaban J connectivity index is 1.56. The van der Waals surface area contributed by atoms with Crippen LogP contribution in [0.2, 0.25) is 5.02 Å². The molecule has 0 atom stereocenters. The number of ketones is 1. The Morgan fingerprint density at radius 2 is 1.74 bits per heavy atom. The van der Waals surface area contributed by atoms with Gasteiger partial charge in [0.2, 0.25) is 0 Å². The van der Waals surface area contributed by atoms with Crippen molar-refractivity contribution < 1.29 is 14.3 Å². The van der Waals surface area contributed by atoms with E-state index in [0.29, 0.717) is 27.3 Å². The van der Waals surface area contributed by atoms with Gasteiger partial charge in [0.25, 0.3) is 0 Å². The largest absolute Gasteiger partial charge is 0.497 e. The topological polar surface area (TPSA) is 66.2 Å². The number of hydrogen-bond donors (Lipinski definition) is 0. The Hall–Kier alpha value is -2.51. The van der Waals surface area contributed by atoms with Crippen molar-refractivity contribution in [2.24, 2.45) is 7.05 Å². The lowest BCUT2D eigenvalue weighted by atomic mass is 10.1. The number of carbonyl (C=O) groups excluding carboxylic acids is 1. The van der Waals surface area contributed by atoms with Gasteiger partial charge in [-0.05, 0) is 48.5 Å². The summed E-state index contributed by atoms with van der Waals surface area (Å²) in [5.41, 5.74) is 0.636. The number of ether oxygens (including phenoxy) is 2. The minimum absolute atomic E-state index is 0.0182. The molecule has 0 saturated heterocycles. The van der Waals surface area contributed by atoms with E-state index in [-0.39, 0.29) is 18.1 Å². The lowest BCUT2D eigenvalue weighted by Crippen LogP contribution is -2.06. The molecule has 27 heavy (non-hydrogen) atoms. The molecular formula is C19H18ClN3O3S. The molecule has 0 aliphatic rings. The Kier molecular flexibility index (Phi) is 6.36. The quantitative estimate of drug-likeness (QED) is 0.418.